The van der Waals surface area contributed by atoms with Crippen LogP contribution < -0.4 is 20.1 Å². The Morgan fingerprint density at radius 1 is 1.00 bits per heavy atom. The van der Waals surface area contributed by atoms with Gasteiger partial charge in [0.25, 0.3) is 5.91 Å². The highest BCUT2D eigenvalue weighted by atomic mass is 16.5. The lowest BCUT2D eigenvalue weighted by molar-refractivity contribution is -0.121. The van der Waals surface area contributed by atoms with Crippen LogP contribution in [0.2, 0.25) is 0 Å². The van der Waals surface area contributed by atoms with Gasteiger partial charge in [-0.15, -0.1) is 0 Å². The monoisotopic (exact) mass is 408 g/mol. The quantitative estimate of drug-likeness (QED) is 0.562. The number of carbonyl (C=O) groups is 2. The van der Waals surface area contributed by atoms with Crippen molar-refractivity contribution in [2.75, 3.05) is 19.5 Å². The Hall–Kier alpha value is -3.74. The van der Waals surface area contributed by atoms with Gasteiger partial charge < -0.3 is 24.5 Å². The molecule has 0 aliphatic rings. The molecule has 0 spiro atoms. The van der Waals surface area contributed by atoms with Gasteiger partial charge in [-0.1, -0.05) is 12.1 Å². The summed E-state index contributed by atoms with van der Waals surface area (Å²) >= 11 is 0. The number of ether oxygens (including phenoxy) is 2. The van der Waals surface area contributed by atoms with Crippen LogP contribution in [0.25, 0.3) is 0 Å². The van der Waals surface area contributed by atoms with Crippen molar-refractivity contribution in [3.05, 3.63) is 77.7 Å². The highest BCUT2D eigenvalue weighted by Gasteiger charge is 2.10. The predicted molar refractivity (Wildman–Crippen MR) is 113 cm³/mol. The summed E-state index contributed by atoms with van der Waals surface area (Å²) in [5.74, 6) is 1.34. The first-order valence-corrected chi connectivity index (χ1v) is 9.50. The maximum Gasteiger partial charge on any atom is 0.291 e. The summed E-state index contributed by atoms with van der Waals surface area (Å²) in [7, 11) is 3.21. The van der Waals surface area contributed by atoms with Crippen LogP contribution in [0.1, 0.15) is 28.1 Å². The molecule has 0 fully saturated rings. The van der Waals surface area contributed by atoms with E-state index >= 15 is 0 Å². The summed E-state index contributed by atoms with van der Waals surface area (Å²) in [4.78, 5) is 24.2. The number of anilines is 1. The maximum absolute atomic E-state index is 12.2. The molecule has 156 valence electrons. The lowest BCUT2D eigenvalue weighted by Crippen LogP contribution is -2.23. The average molecular weight is 408 g/mol. The molecule has 0 unspecified atom stereocenters. The van der Waals surface area contributed by atoms with Crippen molar-refractivity contribution in [3.63, 3.8) is 0 Å². The van der Waals surface area contributed by atoms with Crippen LogP contribution in [-0.4, -0.2) is 26.0 Å². The fraction of sp³-hybridized carbons (Fsp3) is 0.217. The molecule has 0 aliphatic carbocycles. The predicted octanol–water partition coefficient (Wildman–Crippen LogP) is 3.80. The van der Waals surface area contributed by atoms with Gasteiger partial charge in [-0.2, -0.15) is 0 Å². The highest BCUT2D eigenvalue weighted by Crippen LogP contribution is 2.25. The van der Waals surface area contributed by atoms with Crippen molar-refractivity contribution >= 4 is 17.5 Å². The summed E-state index contributed by atoms with van der Waals surface area (Å²) < 4.78 is 15.6. The third-order valence-electron chi connectivity index (χ3n) is 4.56. The van der Waals surface area contributed by atoms with Crippen molar-refractivity contribution in [2.45, 2.75) is 19.4 Å². The topological polar surface area (TPSA) is 89.8 Å². The molecule has 3 aromatic rings. The number of benzene rings is 2. The molecule has 1 heterocycles. The van der Waals surface area contributed by atoms with Crippen molar-refractivity contribution in [1.29, 1.82) is 0 Å². The van der Waals surface area contributed by atoms with Crippen LogP contribution in [0.5, 0.6) is 11.5 Å². The number of aryl methyl sites for hydroxylation is 1. The Kier molecular flexibility index (Phi) is 7.10. The Labute approximate surface area is 175 Å². The summed E-state index contributed by atoms with van der Waals surface area (Å²) in [5.41, 5.74) is 2.50. The van der Waals surface area contributed by atoms with Crippen LogP contribution in [0.4, 0.5) is 5.69 Å². The Balaban J connectivity index is 1.47. The Morgan fingerprint density at radius 2 is 1.80 bits per heavy atom. The van der Waals surface area contributed by atoms with Gasteiger partial charge in [0.1, 0.15) is 11.5 Å². The minimum absolute atomic E-state index is 0.0601. The highest BCUT2D eigenvalue weighted by molar-refractivity contribution is 6.02. The molecule has 1 aromatic heterocycles. The normalized spacial score (nSPS) is 10.3. The largest absolute Gasteiger partial charge is 0.497 e. The van der Waals surface area contributed by atoms with Crippen molar-refractivity contribution in [2.24, 2.45) is 0 Å². The molecule has 0 aliphatic heterocycles. The van der Waals surface area contributed by atoms with Crippen molar-refractivity contribution < 1.29 is 23.5 Å². The Bertz CT molecular complexity index is 981. The minimum Gasteiger partial charge on any atom is -0.497 e. The molecule has 0 saturated carbocycles. The number of amides is 2. The molecular formula is C23H24N2O5. The first-order chi connectivity index (χ1) is 14.6. The third kappa shape index (κ3) is 5.64. The molecule has 2 aromatic carbocycles. The van der Waals surface area contributed by atoms with E-state index in [1.165, 1.54) is 6.26 Å². The van der Waals surface area contributed by atoms with E-state index in [4.69, 9.17) is 13.9 Å². The third-order valence-corrected chi connectivity index (χ3v) is 4.56. The van der Waals surface area contributed by atoms with Gasteiger partial charge in [0.2, 0.25) is 5.91 Å². The number of hydrogen-bond acceptors (Lipinski definition) is 5. The van der Waals surface area contributed by atoms with E-state index in [1.54, 1.807) is 38.5 Å². The zero-order chi connectivity index (χ0) is 21.3. The zero-order valence-electron chi connectivity index (χ0n) is 16.9. The molecule has 30 heavy (non-hydrogen) atoms. The number of carbonyl (C=O) groups excluding carboxylic acids is 2. The second-order valence-corrected chi connectivity index (χ2v) is 6.58. The van der Waals surface area contributed by atoms with E-state index in [-0.39, 0.29) is 17.6 Å². The average Bonchev–Trinajstić information content (AvgIpc) is 3.32. The van der Waals surface area contributed by atoms with E-state index < -0.39 is 0 Å². The zero-order valence-corrected chi connectivity index (χ0v) is 16.9. The second-order valence-electron chi connectivity index (χ2n) is 6.58. The number of furan rings is 1. The lowest BCUT2D eigenvalue weighted by atomic mass is 10.1. The smallest absolute Gasteiger partial charge is 0.291 e. The van der Waals surface area contributed by atoms with Crippen LogP contribution >= 0.6 is 0 Å². The lowest BCUT2D eigenvalue weighted by Gasteiger charge is -2.11. The summed E-state index contributed by atoms with van der Waals surface area (Å²) in [6, 6.07) is 16.0. The molecule has 0 radical (unpaired) electrons. The van der Waals surface area contributed by atoms with Gasteiger partial charge in [-0.05, 0) is 60.0 Å². The standard InChI is InChI=1S/C23H24N2O5/c1-28-19-10-11-20(29-2)17(14-19)7-12-22(26)24-15-16-5-8-18(9-6-16)25-23(27)21-4-3-13-30-21/h3-6,8-11,13-14H,7,12,15H2,1-2H3,(H,24,26)(H,25,27). The number of methoxy groups -OCH3 is 2. The second kappa shape index (κ2) is 10.2. The van der Waals surface area contributed by atoms with Crippen LogP contribution in [0.3, 0.4) is 0 Å². The minimum atomic E-state index is -0.311. The molecule has 7 heteroatoms. The number of rotatable bonds is 9. The summed E-state index contributed by atoms with van der Waals surface area (Å²) in [6.45, 7) is 0.403. The van der Waals surface area contributed by atoms with E-state index in [9.17, 15) is 9.59 Å². The Morgan fingerprint density at radius 3 is 2.47 bits per heavy atom. The molecule has 0 bridgehead atoms. The van der Waals surface area contributed by atoms with E-state index in [0.29, 0.717) is 25.1 Å². The van der Waals surface area contributed by atoms with Crippen molar-refractivity contribution in [1.82, 2.24) is 5.32 Å². The molecule has 0 saturated heterocycles. The van der Waals surface area contributed by atoms with Gasteiger partial charge in [0.05, 0.1) is 20.5 Å². The first-order valence-electron chi connectivity index (χ1n) is 9.50. The molecule has 2 amide bonds. The van der Waals surface area contributed by atoms with Crippen molar-refractivity contribution in [3.8, 4) is 11.5 Å². The van der Waals surface area contributed by atoms with Crippen LogP contribution in [-0.2, 0) is 17.8 Å². The van der Waals surface area contributed by atoms with Gasteiger partial charge in [0, 0.05) is 18.7 Å². The molecule has 0 atom stereocenters. The number of nitrogens with one attached hydrogen (secondary N) is 2. The summed E-state index contributed by atoms with van der Waals surface area (Å²) in [5, 5.41) is 5.66. The molecular weight excluding hydrogens is 384 g/mol. The van der Waals surface area contributed by atoms with Crippen LogP contribution in [0, 0.1) is 0 Å². The molecule has 2 N–H and O–H groups in total. The van der Waals surface area contributed by atoms with E-state index in [2.05, 4.69) is 10.6 Å². The van der Waals surface area contributed by atoms with Gasteiger partial charge in [0.15, 0.2) is 5.76 Å². The van der Waals surface area contributed by atoms with Gasteiger partial charge in [-0.25, -0.2) is 0 Å². The van der Waals surface area contributed by atoms with Gasteiger partial charge >= 0.3 is 0 Å². The maximum atomic E-state index is 12.2. The fourth-order valence-electron chi connectivity index (χ4n) is 2.92. The first kappa shape index (κ1) is 21.0. The molecule has 3 rings (SSSR count). The van der Waals surface area contributed by atoms with E-state index in [0.717, 1.165) is 22.6 Å². The van der Waals surface area contributed by atoms with E-state index in [1.807, 2.05) is 30.3 Å². The number of hydrogen-bond donors (Lipinski definition) is 2. The fourth-order valence-corrected chi connectivity index (χ4v) is 2.92. The van der Waals surface area contributed by atoms with Gasteiger partial charge in [-0.3, -0.25) is 9.59 Å². The SMILES string of the molecule is COc1ccc(OC)c(CCC(=O)NCc2ccc(NC(=O)c3ccco3)cc2)c1. The summed E-state index contributed by atoms with van der Waals surface area (Å²) in [6.07, 6.45) is 2.33. The molecule has 7 nitrogen and oxygen atoms in total. The van der Waals surface area contributed by atoms with Crippen LogP contribution in [0.15, 0.2) is 65.3 Å².